The fourth-order valence-electron chi connectivity index (χ4n) is 5.50. The molecule has 0 spiro atoms. The molecule has 2 aromatic carbocycles. The Balaban J connectivity index is 1.20. The van der Waals surface area contributed by atoms with Crippen molar-refractivity contribution >= 4 is 11.4 Å². The number of aryl methyl sites for hydroxylation is 1. The van der Waals surface area contributed by atoms with Gasteiger partial charge in [0.25, 0.3) is 0 Å². The molecule has 0 aliphatic carbocycles. The van der Waals surface area contributed by atoms with E-state index < -0.39 is 0 Å². The number of unbranched alkanes of at least 4 members (excludes halogenated alkanes) is 1. The van der Waals surface area contributed by atoms with Crippen molar-refractivity contribution in [3.05, 3.63) is 59.4 Å². The van der Waals surface area contributed by atoms with E-state index in [1.165, 1.54) is 62.4 Å². The zero-order chi connectivity index (χ0) is 19.1. The maximum atomic E-state index is 13.0. The second-order valence-electron chi connectivity index (χ2n) is 8.68. The second kappa shape index (κ2) is 7.40. The number of fused-ring (bicyclic) bond motifs is 3. The highest BCUT2D eigenvalue weighted by Gasteiger charge is 2.44. The van der Waals surface area contributed by atoms with Crippen LogP contribution in [0.25, 0.3) is 0 Å². The Morgan fingerprint density at radius 1 is 1.00 bits per heavy atom. The van der Waals surface area contributed by atoms with Crippen LogP contribution in [0.2, 0.25) is 0 Å². The third-order valence-electron chi connectivity index (χ3n) is 6.98. The van der Waals surface area contributed by atoms with E-state index >= 15 is 0 Å². The third-order valence-corrected chi connectivity index (χ3v) is 6.98. The standard InChI is InChI=1S/C24H30FN3/c1-26-15-16-28-22-12-14-27(13-3-2-5-18-8-10-19(25)11-9-18)17-21(22)20-6-4-7-23(26)24(20)28/h4,6-11,21-22H,2-3,5,12-17H2,1H3/t21-,22-/m0/s1. The van der Waals surface area contributed by atoms with Crippen LogP contribution in [0.4, 0.5) is 15.8 Å². The molecule has 1 fully saturated rings. The summed E-state index contributed by atoms with van der Waals surface area (Å²) in [6.45, 7) is 5.89. The summed E-state index contributed by atoms with van der Waals surface area (Å²) in [7, 11) is 2.22. The summed E-state index contributed by atoms with van der Waals surface area (Å²) in [6, 6.07) is 14.6. The lowest BCUT2D eigenvalue weighted by molar-refractivity contribution is 0.190. The quantitative estimate of drug-likeness (QED) is 0.718. The Bertz CT molecular complexity index is 834. The van der Waals surface area contributed by atoms with Crippen LogP contribution in [0.3, 0.4) is 0 Å². The summed E-state index contributed by atoms with van der Waals surface area (Å²) >= 11 is 0. The first-order valence-electron chi connectivity index (χ1n) is 10.8. The molecule has 0 N–H and O–H groups in total. The number of benzene rings is 2. The van der Waals surface area contributed by atoms with Crippen molar-refractivity contribution in [2.24, 2.45) is 0 Å². The molecule has 2 atom stereocenters. The summed E-state index contributed by atoms with van der Waals surface area (Å²) in [4.78, 5) is 7.80. The molecular formula is C24H30FN3. The van der Waals surface area contributed by atoms with E-state index in [2.05, 4.69) is 39.9 Å². The van der Waals surface area contributed by atoms with Gasteiger partial charge in [0.05, 0.1) is 11.4 Å². The fourth-order valence-corrected chi connectivity index (χ4v) is 5.50. The van der Waals surface area contributed by atoms with Gasteiger partial charge in [-0.2, -0.15) is 0 Å². The Kier molecular flexibility index (Phi) is 4.75. The molecule has 3 aliphatic rings. The number of para-hydroxylation sites is 1. The minimum absolute atomic E-state index is 0.143. The maximum Gasteiger partial charge on any atom is 0.123 e. The number of anilines is 2. The van der Waals surface area contributed by atoms with Crippen molar-refractivity contribution in [1.82, 2.24) is 4.90 Å². The minimum Gasteiger partial charge on any atom is -0.371 e. The molecule has 3 nitrogen and oxygen atoms in total. The number of hydrogen-bond acceptors (Lipinski definition) is 3. The molecule has 28 heavy (non-hydrogen) atoms. The highest BCUT2D eigenvalue weighted by atomic mass is 19.1. The van der Waals surface area contributed by atoms with E-state index in [-0.39, 0.29) is 5.82 Å². The van der Waals surface area contributed by atoms with Gasteiger partial charge in [0.15, 0.2) is 0 Å². The number of likely N-dealkylation sites (tertiary alicyclic amines) is 1. The maximum absolute atomic E-state index is 13.0. The first-order chi connectivity index (χ1) is 13.7. The average molecular weight is 380 g/mol. The lowest BCUT2D eigenvalue weighted by Gasteiger charge is -2.41. The van der Waals surface area contributed by atoms with Gasteiger partial charge in [-0.15, -0.1) is 0 Å². The van der Waals surface area contributed by atoms with Gasteiger partial charge in [-0.05, 0) is 61.6 Å². The number of hydrogen-bond donors (Lipinski definition) is 0. The minimum atomic E-state index is -0.143. The molecule has 1 saturated heterocycles. The summed E-state index contributed by atoms with van der Waals surface area (Å²) < 4.78 is 13.0. The number of halogens is 1. The Morgan fingerprint density at radius 2 is 1.86 bits per heavy atom. The van der Waals surface area contributed by atoms with Gasteiger partial charge in [-0.25, -0.2) is 4.39 Å². The monoisotopic (exact) mass is 379 g/mol. The SMILES string of the molecule is CN1CCN2c3c(cccc31)[C@@H]1CN(CCCCc3ccc(F)cc3)CC[C@@H]12. The van der Waals surface area contributed by atoms with Crippen molar-refractivity contribution in [3.63, 3.8) is 0 Å². The van der Waals surface area contributed by atoms with E-state index in [1.807, 2.05) is 12.1 Å². The van der Waals surface area contributed by atoms with Crippen molar-refractivity contribution in [3.8, 4) is 0 Å². The van der Waals surface area contributed by atoms with Gasteiger partial charge in [0, 0.05) is 45.2 Å². The van der Waals surface area contributed by atoms with Crippen LogP contribution in [0.15, 0.2) is 42.5 Å². The zero-order valence-electron chi connectivity index (χ0n) is 16.8. The molecule has 0 aromatic heterocycles. The highest BCUT2D eigenvalue weighted by Crippen LogP contribution is 2.50. The summed E-state index contributed by atoms with van der Waals surface area (Å²) in [6.07, 6.45) is 4.72. The second-order valence-corrected chi connectivity index (χ2v) is 8.68. The van der Waals surface area contributed by atoms with Crippen molar-refractivity contribution in [1.29, 1.82) is 0 Å². The fraction of sp³-hybridized carbons (Fsp3) is 0.500. The molecule has 4 heteroatoms. The van der Waals surface area contributed by atoms with Crippen LogP contribution in [0.5, 0.6) is 0 Å². The molecule has 0 amide bonds. The molecular weight excluding hydrogens is 349 g/mol. The Labute approximate surface area is 167 Å². The van der Waals surface area contributed by atoms with Crippen LogP contribution in [-0.4, -0.2) is 50.7 Å². The van der Waals surface area contributed by atoms with Gasteiger partial charge >= 0.3 is 0 Å². The number of likely N-dealkylation sites (N-methyl/N-ethyl adjacent to an activating group) is 1. The lowest BCUT2D eigenvalue weighted by Crippen LogP contribution is -2.49. The van der Waals surface area contributed by atoms with Gasteiger partial charge in [-0.3, -0.25) is 0 Å². The van der Waals surface area contributed by atoms with Crippen molar-refractivity contribution in [2.45, 2.75) is 37.6 Å². The average Bonchev–Trinajstić information content (AvgIpc) is 3.04. The molecule has 3 aliphatic heterocycles. The Morgan fingerprint density at radius 3 is 2.71 bits per heavy atom. The van der Waals surface area contributed by atoms with Gasteiger partial charge in [0.2, 0.25) is 0 Å². The molecule has 0 saturated carbocycles. The van der Waals surface area contributed by atoms with E-state index in [4.69, 9.17) is 0 Å². The van der Waals surface area contributed by atoms with Crippen LogP contribution in [0.1, 0.15) is 36.3 Å². The number of rotatable bonds is 5. The largest absolute Gasteiger partial charge is 0.371 e. The summed E-state index contributed by atoms with van der Waals surface area (Å²) in [5.74, 6) is 0.517. The first kappa shape index (κ1) is 18.0. The number of nitrogens with zero attached hydrogens (tertiary/aromatic N) is 3. The molecule has 5 rings (SSSR count). The van der Waals surface area contributed by atoms with Crippen molar-refractivity contribution in [2.75, 3.05) is 49.6 Å². The Hall–Kier alpha value is -2.07. The zero-order valence-corrected chi connectivity index (χ0v) is 16.8. The predicted octanol–water partition coefficient (Wildman–Crippen LogP) is 4.28. The topological polar surface area (TPSA) is 9.72 Å². The molecule has 0 radical (unpaired) electrons. The smallest absolute Gasteiger partial charge is 0.123 e. The van der Waals surface area contributed by atoms with Gasteiger partial charge < -0.3 is 14.7 Å². The van der Waals surface area contributed by atoms with Crippen LogP contribution in [0, 0.1) is 5.82 Å². The predicted molar refractivity (Wildman–Crippen MR) is 114 cm³/mol. The summed E-state index contributed by atoms with van der Waals surface area (Å²) in [5.41, 5.74) is 5.76. The van der Waals surface area contributed by atoms with Gasteiger partial charge in [0.1, 0.15) is 5.82 Å². The van der Waals surface area contributed by atoms with Crippen LogP contribution in [-0.2, 0) is 6.42 Å². The van der Waals surface area contributed by atoms with E-state index in [9.17, 15) is 4.39 Å². The van der Waals surface area contributed by atoms with Crippen molar-refractivity contribution < 1.29 is 4.39 Å². The molecule has 148 valence electrons. The third kappa shape index (κ3) is 3.18. The summed E-state index contributed by atoms with van der Waals surface area (Å²) in [5, 5.41) is 0. The normalized spacial score (nSPS) is 23.6. The van der Waals surface area contributed by atoms with Crippen LogP contribution >= 0.6 is 0 Å². The molecule has 0 bridgehead atoms. The highest BCUT2D eigenvalue weighted by molar-refractivity contribution is 5.80. The number of piperidine rings is 1. The van der Waals surface area contributed by atoms with E-state index in [1.54, 1.807) is 17.7 Å². The van der Waals surface area contributed by atoms with E-state index in [0.29, 0.717) is 12.0 Å². The molecule has 2 aromatic rings. The van der Waals surface area contributed by atoms with Gasteiger partial charge in [-0.1, -0.05) is 24.3 Å². The van der Waals surface area contributed by atoms with E-state index in [0.717, 1.165) is 13.0 Å². The lowest BCUT2D eigenvalue weighted by atomic mass is 9.89. The first-order valence-corrected chi connectivity index (χ1v) is 10.8. The molecule has 3 heterocycles. The van der Waals surface area contributed by atoms with Crippen LogP contribution < -0.4 is 9.80 Å². The molecule has 0 unspecified atom stereocenters.